The third-order valence-corrected chi connectivity index (χ3v) is 1.92. The summed E-state index contributed by atoms with van der Waals surface area (Å²) >= 11 is 0. The molecule has 0 aliphatic carbocycles. The van der Waals surface area contributed by atoms with Crippen molar-refractivity contribution in [1.29, 1.82) is 5.26 Å². The number of nitriles is 1. The van der Waals surface area contributed by atoms with E-state index in [0.717, 1.165) is 5.76 Å². The number of nitrogens with one attached hydrogen (secondary N) is 1. The summed E-state index contributed by atoms with van der Waals surface area (Å²) in [4.78, 5) is 0. The minimum absolute atomic E-state index is 0.0393. The van der Waals surface area contributed by atoms with E-state index >= 15 is 0 Å². The van der Waals surface area contributed by atoms with Gasteiger partial charge in [0.1, 0.15) is 5.76 Å². The van der Waals surface area contributed by atoms with Crippen molar-refractivity contribution in [2.45, 2.75) is 19.9 Å². The lowest BCUT2D eigenvalue weighted by Gasteiger charge is -2.11. The largest absolute Gasteiger partial charge is 0.468 e. The summed E-state index contributed by atoms with van der Waals surface area (Å²) in [5.41, 5.74) is 0. The van der Waals surface area contributed by atoms with Crippen molar-refractivity contribution in [3.63, 3.8) is 0 Å². The molecule has 1 heterocycles. The maximum Gasteiger partial charge on any atom is 0.120 e. The molecule has 0 aliphatic heterocycles. The normalized spacial score (nSPS) is 14.8. The van der Waals surface area contributed by atoms with E-state index < -0.39 is 0 Å². The zero-order valence-electron chi connectivity index (χ0n) is 7.95. The van der Waals surface area contributed by atoms with Gasteiger partial charge in [0.2, 0.25) is 0 Å². The second-order valence-corrected chi connectivity index (χ2v) is 3.18. The van der Waals surface area contributed by atoms with E-state index in [1.165, 1.54) is 0 Å². The van der Waals surface area contributed by atoms with E-state index in [9.17, 15) is 0 Å². The Bertz CT molecular complexity index is 274. The van der Waals surface area contributed by atoms with Crippen LogP contribution in [0.3, 0.4) is 0 Å². The molecule has 2 unspecified atom stereocenters. The van der Waals surface area contributed by atoms with Gasteiger partial charge < -0.3 is 9.73 Å². The van der Waals surface area contributed by atoms with Gasteiger partial charge in [-0.3, -0.25) is 0 Å². The maximum absolute atomic E-state index is 8.56. The van der Waals surface area contributed by atoms with Gasteiger partial charge in [0.15, 0.2) is 0 Å². The zero-order valence-corrected chi connectivity index (χ0v) is 7.95. The second kappa shape index (κ2) is 4.68. The Morgan fingerprint density at radius 1 is 1.62 bits per heavy atom. The molecule has 0 saturated heterocycles. The van der Waals surface area contributed by atoms with Crippen LogP contribution in [0.4, 0.5) is 0 Å². The molecular weight excluding hydrogens is 164 g/mol. The van der Waals surface area contributed by atoms with Crippen molar-refractivity contribution in [1.82, 2.24) is 5.32 Å². The molecule has 0 aromatic carbocycles. The minimum Gasteiger partial charge on any atom is -0.468 e. The molecule has 1 aromatic rings. The third kappa shape index (κ3) is 2.92. The predicted octanol–water partition coefficient (Wildman–Crippen LogP) is 2.09. The summed E-state index contributed by atoms with van der Waals surface area (Å²) in [5, 5.41) is 11.8. The number of hydrogen-bond acceptors (Lipinski definition) is 3. The Morgan fingerprint density at radius 2 is 2.38 bits per heavy atom. The molecule has 3 heteroatoms. The molecule has 0 aliphatic rings. The van der Waals surface area contributed by atoms with E-state index in [1.54, 1.807) is 6.26 Å². The van der Waals surface area contributed by atoms with Crippen LogP contribution < -0.4 is 5.32 Å². The smallest absolute Gasteiger partial charge is 0.120 e. The van der Waals surface area contributed by atoms with Crippen LogP contribution in [-0.4, -0.2) is 6.54 Å². The van der Waals surface area contributed by atoms with Crippen LogP contribution >= 0.6 is 0 Å². The fourth-order valence-electron chi connectivity index (χ4n) is 1.04. The zero-order chi connectivity index (χ0) is 9.68. The molecule has 1 rings (SSSR count). The topological polar surface area (TPSA) is 49.0 Å². The first-order valence-electron chi connectivity index (χ1n) is 4.40. The average Bonchev–Trinajstić information content (AvgIpc) is 2.66. The second-order valence-electron chi connectivity index (χ2n) is 3.18. The standard InChI is InChI=1S/C10H14N2O/c1-8(6-11)7-12-9(2)10-4-3-5-13-10/h3-5,8-9,12H,7H2,1-2H3. The lowest BCUT2D eigenvalue weighted by atomic mass is 10.2. The quantitative estimate of drug-likeness (QED) is 0.768. The monoisotopic (exact) mass is 178 g/mol. The van der Waals surface area contributed by atoms with Crippen LogP contribution in [0.5, 0.6) is 0 Å². The highest BCUT2D eigenvalue weighted by molar-refractivity contribution is 5.03. The van der Waals surface area contributed by atoms with Gasteiger partial charge in [0.05, 0.1) is 24.3 Å². The molecule has 1 N–H and O–H groups in total. The summed E-state index contributed by atoms with van der Waals surface area (Å²) in [6.07, 6.45) is 1.65. The Balaban J connectivity index is 2.35. The molecule has 0 spiro atoms. The fraction of sp³-hybridized carbons (Fsp3) is 0.500. The Kier molecular flexibility index (Phi) is 3.53. The highest BCUT2D eigenvalue weighted by Gasteiger charge is 2.08. The molecule has 0 fully saturated rings. The van der Waals surface area contributed by atoms with Crippen molar-refractivity contribution >= 4 is 0 Å². The van der Waals surface area contributed by atoms with Gasteiger partial charge >= 0.3 is 0 Å². The number of hydrogen-bond donors (Lipinski definition) is 1. The first kappa shape index (κ1) is 9.82. The van der Waals surface area contributed by atoms with Gasteiger partial charge in [-0.25, -0.2) is 0 Å². The van der Waals surface area contributed by atoms with Gasteiger partial charge in [-0.1, -0.05) is 0 Å². The number of furan rings is 1. The van der Waals surface area contributed by atoms with Crippen molar-refractivity contribution in [2.24, 2.45) is 5.92 Å². The number of rotatable bonds is 4. The SMILES string of the molecule is CC(C#N)CNC(C)c1ccco1. The van der Waals surface area contributed by atoms with Crippen LogP contribution in [-0.2, 0) is 0 Å². The van der Waals surface area contributed by atoms with Crippen LogP contribution in [0.1, 0.15) is 25.6 Å². The summed E-state index contributed by atoms with van der Waals surface area (Å²) in [6.45, 7) is 4.60. The van der Waals surface area contributed by atoms with Gasteiger partial charge in [-0.2, -0.15) is 5.26 Å². The minimum atomic E-state index is 0.0393. The summed E-state index contributed by atoms with van der Waals surface area (Å²) in [7, 11) is 0. The first-order valence-corrected chi connectivity index (χ1v) is 4.40. The molecule has 13 heavy (non-hydrogen) atoms. The van der Waals surface area contributed by atoms with Gasteiger partial charge in [-0.05, 0) is 26.0 Å². The van der Waals surface area contributed by atoms with Gasteiger partial charge in [-0.15, -0.1) is 0 Å². The van der Waals surface area contributed by atoms with Gasteiger partial charge in [0.25, 0.3) is 0 Å². The van der Waals surface area contributed by atoms with Crippen molar-refractivity contribution in [3.8, 4) is 6.07 Å². The van der Waals surface area contributed by atoms with Crippen LogP contribution in [0.15, 0.2) is 22.8 Å². The average molecular weight is 178 g/mol. The number of nitrogens with zero attached hydrogens (tertiary/aromatic N) is 1. The lowest BCUT2D eigenvalue weighted by Crippen LogP contribution is -2.23. The fourth-order valence-corrected chi connectivity index (χ4v) is 1.04. The molecule has 0 bridgehead atoms. The van der Waals surface area contributed by atoms with Crippen LogP contribution in [0, 0.1) is 17.2 Å². The van der Waals surface area contributed by atoms with E-state index in [4.69, 9.17) is 9.68 Å². The molecule has 70 valence electrons. The highest BCUT2D eigenvalue weighted by Crippen LogP contribution is 2.12. The van der Waals surface area contributed by atoms with Crippen LogP contribution in [0.25, 0.3) is 0 Å². The summed E-state index contributed by atoms with van der Waals surface area (Å²) in [6, 6.07) is 6.13. The Hall–Kier alpha value is -1.27. The predicted molar refractivity (Wildman–Crippen MR) is 49.9 cm³/mol. The molecular formula is C10H14N2O. The highest BCUT2D eigenvalue weighted by atomic mass is 16.3. The molecule has 3 nitrogen and oxygen atoms in total. The molecule has 0 amide bonds. The van der Waals surface area contributed by atoms with Crippen molar-refractivity contribution < 1.29 is 4.42 Å². The van der Waals surface area contributed by atoms with Gasteiger partial charge in [0, 0.05) is 6.54 Å². The van der Waals surface area contributed by atoms with Crippen LogP contribution in [0.2, 0.25) is 0 Å². The maximum atomic E-state index is 8.56. The molecule has 2 atom stereocenters. The summed E-state index contributed by atoms with van der Waals surface area (Å²) < 4.78 is 5.22. The van der Waals surface area contributed by atoms with Crippen molar-refractivity contribution in [3.05, 3.63) is 24.2 Å². The Labute approximate surface area is 78.4 Å². The third-order valence-electron chi connectivity index (χ3n) is 1.92. The van der Waals surface area contributed by atoms with E-state index in [0.29, 0.717) is 6.54 Å². The molecule has 0 saturated carbocycles. The lowest BCUT2D eigenvalue weighted by molar-refractivity contribution is 0.421. The summed E-state index contributed by atoms with van der Waals surface area (Å²) in [5.74, 6) is 0.947. The van der Waals surface area contributed by atoms with Crippen molar-refractivity contribution in [2.75, 3.05) is 6.54 Å². The van der Waals surface area contributed by atoms with E-state index in [2.05, 4.69) is 11.4 Å². The molecule has 0 radical (unpaired) electrons. The van der Waals surface area contributed by atoms with E-state index in [1.807, 2.05) is 26.0 Å². The molecule has 1 aromatic heterocycles. The van der Waals surface area contributed by atoms with E-state index in [-0.39, 0.29) is 12.0 Å². The Morgan fingerprint density at radius 3 is 2.92 bits per heavy atom. The first-order chi connectivity index (χ1) is 6.24.